The maximum absolute atomic E-state index is 5.35. The molecule has 3 nitrogen and oxygen atoms in total. The SMILES string of the molecule is C#Cc1cnc(N2CC[C@H](OC)C2)c(C)c1. The van der Waals surface area contributed by atoms with Gasteiger partial charge in [-0.15, -0.1) is 6.42 Å². The first-order chi connectivity index (χ1) is 7.74. The van der Waals surface area contributed by atoms with Crippen LogP contribution in [0, 0.1) is 19.3 Å². The summed E-state index contributed by atoms with van der Waals surface area (Å²) < 4.78 is 5.35. The third-order valence-corrected chi connectivity index (χ3v) is 3.00. The first-order valence-corrected chi connectivity index (χ1v) is 5.45. The highest BCUT2D eigenvalue weighted by Gasteiger charge is 2.23. The van der Waals surface area contributed by atoms with Gasteiger partial charge in [-0.2, -0.15) is 0 Å². The Kier molecular flexibility index (Phi) is 3.12. The van der Waals surface area contributed by atoms with Crippen molar-refractivity contribution >= 4 is 5.82 Å². The summed E-state index contributed by atoms with van der Waals surface area (Å²) in [6, 6.07) is 2.00. The first kappa shape index (κ1) is 11.0. The van der Waals surface area contributed by atoms with Gasteiger partial charge in [0.05, 0.1) is 6.10 Å². The average Bonchev–Trinajstić information content (AvgIpc) is 2.77. The molecule has 0 spiro atoms. The van der Waals surface area contributed by atoms with Crippen LogP contribution < -0.4 is 4.90 Å². The highest BCUT2D eigenvalue weighted by atomic mass is 16.5. The minimum Gasteiger partial charge on any atom is -0.380 e. The van der Waals surface area contributed by atoms with Crippen LogP contribution in [0.4, 0.5) is 5.82 Å². The van der Waals surface area contributed by atoms with Crippen molar-refractivity contribution in [1.29, 1.82) is 0 Å². The molecule has 0 radical (unpaired) electrons. The molecule has 1 aromatic rings. The van der Waals surface area contributed by atoms with E-state index < -0.39 is 0 Å². The fourth-order valence-electron chi connectivity index (χ4n) is 2.09. The molecule has 1 aromatic heterocycles. The smallest absolute Gasteiger partial charge is 0.131 e. The predicted octanol–water partition coefficient (Wildman–Crippen LogP) is 1.60. The van der Waals surface area contributed by atoms with Gasteiger partial charge in [-0.1, -0.05) is 5.92 Å². The number of pyridine rings is 1. The highest BCUT2D eigenvalue weighted by Crippen LogP contribution is 2.23. The number of nitrogens with zero attached hydrogens (tertiary/aromatic N) is 2. The molecule has 0 amide bonds. The first-order valence-electron chi connectivity index (χ1n) is 5.45. The molecule has 0 N–H and O–H groups in total. The molecule has 1 aliphatic heterocycles. The number of hydrogen-bond donors (Lipinski definition) is 0. The second kappa shape index (κ2) is 4.54. The monoisotopic (exact) mass is 216 g/mol. The standard InChI is InChI=1S/C13H16N2O/c1-4-11-7-10(2)13(14-8-11)15-6-5-12(9-15)16-3/h1,7-8,12H,5-6,9H2,2-3H3/t12-/m0/s1. The van der Waals surface area contributed by atoms with Gasteiger partial charge < -0.3 is 9.64 Å². The Bertz CT molecular complexity index is 422. The lowest BCUT2D eigenvalue weighted by molar-refractivity contribution is 0.121. The highest BCUT2D eigenvalue weighted by molar-refractivity contribution is 5.50. The number of methoxy groups -OCH3 is 1. The predicted molar refractivity (Wildman–Crippen MR) is 64.5 cm³/mol. The maximum atomic E-state index is 5.35. The van der Waals surface area contributed by atoms with Gasteiger partial charge in [-0.25, -0.2) is 4.98 Å². The van der Waals surface area contributed by atoms with Crippen LogP contribution in [0.2, 0.25) is 0 Å². The molecule has 1 aliphatic rings. The largest absolute Gasteiger partial charge is 0.380 e. The second-order valence-electron chi connectivity index (χ2n) is 4.10. The Morgan fingerprint density at radius 3 is 3.00 bits per heavy atom. The van der Waals surface area contributed by atoms with E-state index >= 15 is 0 Å². The van der Waals surface area contributed by atoms with Crippen molar-refractivity contribution < 1.29 is 4.74 Å². The number of ether oxygens (including phenoxy) is 1. The number of terminal acetylenes is 1. The second-order valence-corrected chi connectivity index (χ2v) is 4.10. The van der Waals surface area contributed by atoms with Gasteiger partial charge in [-0.3, -0.25) is 0 Å². The van der Waals surface area contributed by atoms with Gasteiger partial charge in [0.25, 0.3) is 0 Å². The number of anilines is 1. The van der Waals surface area contributed by atoms with Gasteiger partial charge in [0.15, 0.2) is 0 Å². The van der Waals surface area contributed by atoms with E-state index in [9.17, 15) is 0 Å². The molecule has 16 heavy (non-hydrogen) atoms. The molecule has 2 heterocycles. The summed E-state index contributed by atoms with van der Waals surface area (Å²) in [5.74, 6) is 3.63. The zero-order chi connectivity index (χ0) is 11.5. The van der Waals surface area contributed by atoms with Crippen molar-refractivity contribution in [3.8, 4) is 12.3 Å². The molecule has 0 aromatic carbocycles. The van der Waals surface area contributed by atoms with Crippen LogP contribution >= 0.6 is 0 Å². The number of rotatable bonds is 2. The molecule has 1 atom stereocenters. The van der Waals surface area contributed by atoms with Gasteiger partial charge in [-0.05, 0) is 25.0 Å². The molecule has 84 valence electrons. The Labute approximate surface area is 96.4 Å². The fraction of sp³-hybridized carbons (Fsp3) is 0.462. The topological polar surface area (TPSA) is 25.4 Å². The van der Waals surface area contributed by atoms with Crippen LogP contribution in [0.15, 0.2) is 12.3 Å². The van der Waals surface area contributed by atoms with Crippen molar-refractivity contribution in [2.75, 3.05) is 25.1 Å². The van der Waals surface area contributed by atoms with Crippen LogP contribution in [-0.2, 0) is 4.74 Å². The molecule has 0 aliphatic carbocycles. The van der Waals surface area contributed by atoms with E-state index in [2.05, 4.69) is 15.8 Å². The van der Waals surface area contributed by atoms with E-state index in [-0.39, 0.29) is 0 Å². The molecule has 0 unspecified atom stereocenters. The molecule has 3 heteroatoms. The summed E-state index contributed by atoms with van der Waals surface area (Å²) in [7, 11) is 1.76. The molecular weight excluding hydrogens is 200 g/mol. The van der Waals surface area contributed by atoms with Gasteiger partial charge >= 0.3 is 0 Å². The Hall–Kier alpha value is -1.53. The Morgan fingerprint density at radius 2 is 2.44 bits per heavy atom. The lowest BCUT2D eigenvalue weighted by Crippen LogP contribution is -2.23. The lowest BCUT2D eigenvalue weighted by atomic mass is 10.2. The minimum absolute atomic E-state index is 0.327. The Morgan fingerprint density at radius 1 is 1.62 bits per heavy atom. The van der Waals surface area contributed by atoms with Crippen LogP contribution in [0.3, 0.4) is 0 Å². The zero-order valence-electron chi connectivity index (χ0n) is 9.73. The van der Waals surface area contributed by atoms with E-state index in [1.165, 1.54) is 0 Å². The molecule has 2 rings (SSSR count). The summed E-state index contributed by atoms with van der Waals surface area (Å²) in [5.41, 5.74) is 1.97. The maximum Gasteiger partial charge on any atom is 0.131 e. The average molecular weight is 216 g/mol. The Balaban J connectivity index is 2.19. The van der Waals surface area contributed by atoms with Crippen LogP contribution in [-0.4, -0.2) is 31.3 Å². The summed E-state index contributed by atoms with van der Waals surface area (Å²) in [6.07, 6.45) is 8.49. The summed E-state index contributed by atoms with van der Waals surface area (Å²) in [6.45, 7) is 3.96. The quantitative estimate of drug-likeness (QED) is 0.702. The number of aryl methyl sites for hydroxylation is 1. The van der Waals surface area contributed by atoms with Crippen LogP contribution in [0.1, 0.15) is 17.5 Å². The molecule has 1 fully saturated rings. The van der Waals surface area contributed by atoms with Crippen molar-refractivity contribution in [2.45, 2.75) is 19.4 Å². The third kappa shape index (κ3) is 2.02. The third-order valence-electron chi connectivity index (χ3n) is 3.00. The molecule has 0 saturated carbocycles. The molecule has 0 bridgehead atoms. The number of aromatic nitrogens is 1. The fourth-order valence-corrected chi connectivity index (χ4v) is 2.09. The summed E-state index contributed by atoms with van der Waals surface area (Å²) >= 11 is 0. The van der Waals surface area contributed by atoms with E-state index in [4.69, 9.17) is 11.2 Å². The van der Waals surface area contributed by atoms with Crippen molar-refractivity contribution in [3.63, 3.8) is 0 Å². The van der Waals surface area contributed by atoms with Gasteiger partial charge in [0, 0.05) is 32.0 Å². The van der Waals surface area contributed by atoms with Crippen LogP contribution in [0.25, 0.3) is 0 Å². The lowest BCUT2D eigenvalue weighted by Gasteiger charge is -2.19. The van der Waals surface area contributed by atoms with Gasteiger partial charge in [0.2, 0.25) is 0 Å². The summed E-state index contributed by atoms with van der Waals surface area (Å²) in [5, 5.41) is 0. The number of hydrogen-bond acceptors (Lipinski definition) is 3. The van der Waals surface area contributed by atoms with Crippen molar-refractivity contribution in [2.24, 2.45) is 0 Å². The van der Waals surface area contributed by atoms with E-state index in [0.717, 1.165) is 36.5 Å². The van der Waals surface area contributed by atoms with Gasteiger partial charge in [0.1, 0.15) is 5.82 Å². The molecular formula is C13H16N2O. The minimum atomic E-state index is 0.327. The molecule has 1 saturated heterocycles. The zero-order valence-corrected chi connectivity index (χ0v) is 9.73. The summed E-state index contributed by atoms with van der Waals surface area (Å²) in [4.78, 5) is 6.68. The van der Waals surface area contributed by atoms with E-state index in [1.807, 2.05) is 13.0 Å². The van der Waals surface area contributed by atoms with Crippen molar-refractivity contribution in [1.82, 2.24) is 4.98 Å². The van der Waals surface area contributed by atoms with Crippen molar-refractivity contribution in [3.05, 3.63) is 23.4 Å². The van der Waals surface area contributed by atoms with E-state index in [1.54, 1.807) is 13.3 Å². The van der Waals surface area contributed by atoms with Crippen LogP contribution in [0.5, 0.6) is 0 Å². The normalized spacial score (nSPS) is 19.8. The van der Waals surface area contributed by atoms with E-state index in [0.29, 0.717) is 6.10 Å².